The molecule has 5 N–H and O–H groups in total. The molecule has 0 aromatic rings. The summed E-state index contributed by atoms with van der Waals surface area (Å²) in [5.74, 6) is -2.96. The minimum atomic E-state index is -3.97. The number of β-amino-alcohol motifs (C(OH)–C–C–N with tert-alkyl or cyclic N) is 1. The van der Waals surface area contributed by atoms with Crippen LogP contribution in [-0.2, 0) is 29.1 Å². The van der Waals surface area contributed by atoms with Gasteiger partial charge >= 0.3 is 6.09 Å². The van der Waals surface area contributed by atoms with Gasteiger partial charge in [0.15, 0.2) is 0 Å². The zero-order valence-electron chi connectivity index (χ0n) is 23.8. The number of aliphatic hydroxyl groups excluding tert-OH is 1. The standard InChI is InChI=1S/C27H42N4O9S/c1-6-9-10-16(4)40-20(8-3)21(28-25(36)37)23(34)31-15-18(32)13-19(31)22(33)29-27(14-17(27)7-2)24(35)30-41(38,39)26(5)11-12-26/h6-7,16-21,28,32H,1-2,8-15H2,3-5H3,(H,29,33)(H,30,35)(H,36,37)/t16?,17-,18-,19+,20+,21+,27-/m1/s1. The number of carboxylic acid groups (broad SMARTS) is 1. The van der Waals surface area contributed by atoms with Crippen molar-refractivity contribution in [1.82, 2.24) is 20.3 Å². The summed E-state index contributed by atoms with van der Waals surface area (Å²) in [5, 5.41) is 24.7. The normalized spacial score (nSPS) is 28.5. The third-order valence-corrected chi connectivity index (χ3v) is 10.4. The molecule has 0 radical (unpaired) electrons. The molecular weight excluding hydrogens is 556 g/mol. The highest BCUT2D eigenvalue weighted by Gasteiger charge is 2.63. The van der Waals surface area contributed by atoms with Crippen molar-refractivity contribution in [1.29, 1.82) is 0 Å². The lowest BCUT2D eigenvalue weighted by Crippen LogP contribution is -2.60. The van der Waals surface area contributed by atoms with Crippen LogP contribution in [0.4, 0.5) is 4.79 Å². The third-order valence-electron chi connectivity index (χ3n) is 8.25. The summed E-state index contributed by atoms with van der Waals surface area (Å²) >= 11 is 0. The lowest BCUT2D eigenvalue weighted by Gasteiger charge is -2.33. The highest BCUT2D eigenvalue weighted by molar-refractivity contribution is 7.91. The second-order valence-electron chi connectivity index (χ2n) is 11.5. The van der Waals surface area contributed by atoms with Crippen LogP contribution in [0.2, 0.25) is 0 Å². The number of sulfonamides is 1. The van der Waals surface area contributed by atoms with Crippen LogP contribution in [0.25, 0.3) is 0 Å². The molecule has 41 heavy (non-hydrogen) atoms. The monoisotopic (exact) mass is 598 g/mol. The molecule has 7 atom stereocenters. The zero-order chi connectivity index (χ0) is 30.8. The maximum absolute atomic E-state index is 13.7. The van der Waals surface area contributed by atoms with Crippen molar-refractivity contribution < 1.29 is 42.5 Å². The van der Waals surface area contributed by atoms with Gasteiger partial charge in [-0.25, -0.2) is 13.2 Å². The molecule has 0 spiro atoms. The van der Waals surface area contributed by atoms with E-state index in [2.05, 4.69) is 28.5 Å². The average molecular weight is 599 g/mol. The molecule has 3 rings (SSSR count). The second-order valence-corrected chi connectivity index (χ2v) is 13.7. The van der Waals surface area contributed by atoms with Crippen molar-refractivity contribution in [3.8, 4) is 0 Å². The van der Waals surface area contributed by atoms with Gasteiger partial charge in [0.05, 0.1) is 23.1 Å². The van der Waals surface area contributed by atoms with Gasteiger partial charge in [-0.15, -0.1) is 13.2 Å². The first-order valence-electron chi connectivity index (χ1n) is 13.9. The van der Waals surface area contributed by atoms with E-state index in [4.69, 9.17) is 4.74 Å². The van der Waals surface area contributed by atoms with Crippen LogP contribution in [0.1, 0.15) is 65.7 Å². The maximum atomic E-state index is 13.7. The SMILES string of the molecule is C=CCCC(C)O[C@@H](CC)[C@H](NC(=O)O)C(=O)N1C[C@H](O)C[C@H]1C(=O)N[C@]1(C(=O)NS(=O)(=O)C2(C)CC2)C[C@H]1C=C. The summed E-state index contributed by atoms with van der Waals surface area (Å²) < 4.78 is 32.4. The van der Waals surface area contributed by atoms with Crippen LogP contribution in [0.3, 0.4) is 0 Å². The van der Waals surface area contributed by atoms with Gasteiger partial charge in [0.25, 0.3) is 5.91 Å². The highest BCUT2D eigenvalue weighted by atomic mass is 32.2. The minimum Gasteiger partial charge on any atom is -0.465 e. The molecule has 4 amide bonds. The number of amides is 4. The van der Waals surface area contributed by atoms with E-state index < -0.39 is 74.3 Å². The Balaban J connectivity index is 1.80. The van der Waals surface area contributed by atoms with E-state index in [1.807, 2.05) is 0 Å². The smallest absolute Gasteiger partial charge is 0.405 e. The number of aliphatic hydroxyl groups is 1. The number of hydrogen-bond acceptors (Lipinski definition) is 8. The van der Waals surface area contributed by atoms with Gasteiger partial charge in [0.2, 0.25) is 21.8 Å². The second kappa shape index (κ2) is 12.5. The van der Waals surface area contributed by atoms with Crippen molar-refractivity contribution in [2.24, 2.45) is 5.92 Å². The molecule has 2 saturated carbocycles. The number of rotatable bonds is 15. The predicted molar refractivity (Wildman–Crippen MR) is 149 cm³/mol. The summed E-state index contributed by atoms with van der Waals surface area (Å²) in [4.78, 5) is 53.1. The Morgan fingerprint density at radius 1 is 1.22 bits per heavy atom. The number of nitrogens with one attached hydrogen (secondary N) is 3. The van der Waals surface area contributed by atoms with Crippen LogP contribution in [0.15, 0.2) is 25.3 Å². The molecular formula is C27H42N4O9S. The van der Waals surface area contributed by atoms with Gasteiger partial charge < -0.3 is 30.5 Å². The maximum Gasteiger partial charge on any atom is 0.405 e. The van der Waals surface area contributed by atoms with Crippen LogP contribution < -0.4 is 15.4 Å². The number of likely N-dealkylation sites (tertiary alicyclic amines) is 1. The summed E-state index contributed by atoms with van der Waals surface area (Å²) in [6.07, 6.45) is 1.77. The van der Waals surface area contributed by atoms with Gasteiger partial charge in [0, 0.05) is 18.9 Å². The van der Waals surface area contributed by atoms with Crippen molar-refractivity contribution >= 4 is 33.8 Å². The van der Waals surface area contributed by atoms with Crippen molar-refractivity contribution in [3.05, 3.63) is 25.3 Å². The predicted octanol–water partition coefficient (Wildman–Crippen LogP) is 0.794. The summed E-state index contributed by atoms with van der Waals surface area (Å²) in [5.41, 5.74) is -1.58. The van der Waals surface area contributed by atoms with Gasteiger partial charge in [-0.3, -0.25) is 19.1 Å². The summed E-state index contributed by atoms with van der Waals surface area (Å²) in [7, 11) is -3.97. The minimum absolute atomic E-state index is 0.112. The summed E-state index contributed by atoms with van der Waals surface area (Å²) in [6, 6.07) is -2.60. The number of carbonyl (C=O) groups excluding carboxylic acids is 3. The lowest BCUT2D eigenvalue weighted by molar-refractivity contribution is -0.145. The number of ether oxygens (including phenoxy) is 1. The molecule has 1 unspecified atom stereocenters. The molecule has 14 heteroatoms. The molecule has 13 nitrogen and oxygen atoms in total. The van der Waals surface area contributed by atoms with Crippen molar-refractivity contribution in [3.63, 3.8) is 0 Å². The average Bonchev–Trinajstić information content (AvgIpc) is 3.79. The Kier molecular flexibility index (Phi) is 9.92. The molecule has 1 aliphatic heterocycles. The first-order chi connectivity index (χ1) is 19.1. The topological polar surface area (TPSA) is 191 Å². The van der Waals surface area contributed by atoms with Crippen LogP contribution in [-0.4, -0.2) is 94.6 Å². The first kappa shape index (κ1) is 32.5. The van der Waals surface area contributed by atoms with Crippen molar-refractivity contribution in [2.75, 3.05) is 6.54 Å². The van der Waals surface area contributed by atoms with E-state index in [0.29, 0.717) is 25.7 Å². The van der Waals surface area contributed by atoms with E-state index >= 15 is 0 Å². The number of nitrogens with zero attached hydrogens (tertiary/aromatic N) is 1. The van der Waals surface area contributed by atoms with Gasteiger partial charge in [0.1, 0.15) is 17.6 Å². The zero-order valence-corrected chi connectivity index (χ0v) is 24.6. The number of allylic oxidation sites excluding steroid dienone is 1. The fraction of sp³-hybridized carbons (Fsp3) is 0.704. The molecule has 230 valence electrons. The molecule has 0 aromatic heterocycles. The molecule has 1 saturated heterocycles. The number of carbonyl (C=O) groups is 4. The van der Waals surface area contributed by atoms with Gasteiger partial charge in [-0.1, -0.05) is 19.1 Å². The van der Waals surface area contributed by atoms with Crippen molar-refractivity contribution in [2.45, 2.75) is 106 Å². The Hall–Kier alpha value is -2.97. The first-order valence-corrected chi connectivity index (χ1v) is 15.4. The summed E-state index contributed by atoms with van der Waals surface area (Å²) in [6.45, 7) is 12.2. The Morgan fingerprint density at radius 3 is 2.39 bits per heavy atom. The Bertz CT molecular complexity index is 1170. The highest BCUT2D eigenvalue weighted by Crippen LogP contribution is 2.47. The lowest BCUT2D eigenvalue weighted by atomic mass is 10.0. The largest absolute Gasteiger partial charge is 0.465 e. The van der Waals surface area contributed by atoms with E-state index in [1.54, 1.807) is 19.9 Å². The molecule has 3 aliphatic rings. The van der Waals surface area contributed by atoms with E-state index in [-0.39, 0.29) is 31.9 Å². The fourth-order valence-electron chi connectivity index (χ4n) is 5.18. The molecule has 0 bridgehead atoms. The Labute approximate surface area is 240 Å². The molecule has 0 aromatic carbocycles. The number of hydrogen-bond donors (Lipinski definition) is 5. The van der Waals surface area contributed by atoms with Crippen LogP contribution in [0.5, 0.6) is 0 Å². The fourth-order valence-corrected chi connectivity index (χ4v) is 6.49. The molecule has 1 heterocycles. The van der Waals surface area contributed by atoms with Gasteiger partial charge in [-0.05, 0) is 52.4 Å². The van der Waals surface area contributed by atoms with E-state index in [0.717, 1.165) is 4.90 Å². The van der Waals surface area contributed by atoms with Crippen LogP contribution >= 0.6 is 0 Å². The van der Waals surface area contributed by atoms with Crippen LogP contribution in [0, 0.1) is 5.92 Å². The van der Waals surface area contributed by atoms with E-state index in [1.165, 1.54) is 13.0 Å². The molecule has 3 fully saturated rings. The van der Waals surface area contributed by atoms with Gasteiger partial charge in [-0.2, -0.15) is 0 Å². The Morgan fingerprint density at radius 2 is 1.88 bits per heavy atom. The third kappa shape index (κ3) is 7.09. The quantitative estimate of drug-likeness (QED) is 0.170. The van der Waals surface area contributed by atoms with E-state index in [9.17, 15) is 37.8 Å². The molecule has 2 aliphatic carbocycles.